The second-order valence-electron chi connectivity index (χ2n) is 2.48. The van der Waals surface area contributed by atoms with Crippen molar-refractivity contribution in [3.8, 4) is 0 Å². The molecule has 0 heterocycles. The summed E-state index contributed by atoms with van der Waals surface area (Å²) < 4.78 is 0. The number of benzene rings is 1. The summed E-state index contributed by atoms with van der Waals surface area (Å²) >= 11 is 15.4. The molecule has 0 aliphatic rings. The minimum absolute atomic E-state index is 0.0887. The third-order valence-electron chi connectivity index (χ3n) is 1.49. The van der Waals surface area contributed by atoms with Crippen LogP contribution < -0.4 is 0 Å². The number of hydrogen-bond donors (Lipinski definition) is 2. The van der Waals surface area contributed by atoms with Crippen LogP contribution in [0.4, 0.5) is 0 Å². The van der Waals surface area contributed by atoms with E-state index in [1.165, 1.54) is 6.08 Å². The van der Waals surface area contributed by atoms with Crippen LogP contribution in [0.5, 0.6) is 0 Å². The summed E-state index contributed by atoms with van der Waals surface area (Å²) in [5, 5.41) is 9.29. The van der Waals surface area contributed by atoms with Crippen LogP contribution in [0.2, 0.25) is 10.0 Å². The first-order valence-electron chi connectivity index (χ1n) is 3.60. The van der Waals surface area contributed by atoms with Crippen LogP contribution >= 0.6 is 35.8 Å². The van der Waals surface area contributed by atoms with Gasteiger partial charge in [0.25, 0.3) is 0 Å². The van der Waals surface area contributed by atoms with Crippen LogP contribution in [-0.4, -0.2) is 11.1 Å². The number of carbonyl (C=O) groups is 1. The van der Waals surface area contributed by atoms with E-state index in [-0.39, 0.29) is 4.91 Å². The monoisotopic (exact) mass is 248 g/mol. The molecule has 1 aromatic rings. The van der Waals surface area contributed by atoms with Gasteiger partial charge in [-0.05, 0) is 17.7 Å². The Morgan fingerprint density at radius 1 is 1.43 bits per heavy atom. The molecule has 1 rings (SSSR count). The van der Waals surface area contributed by atoms with Gasteiger partial charge in [0.15, 0.2) is 0 Å². The summed E-state index contributed by atoms with van der Waals surface area (Å²) in [6, 6.07) is 4.97. The lowest BCUT2D eigenvalue weighted by Crippen LogP contribution is -1.93. The largest absolute Gasteiger partial charge is 0.477 e. The normalized spacial score (nSPS) is 11.5. The van der Waals surface area contributed by atoms with Gasteiger partial charge in [0.2, 0.25) is 0 Å². The molecular weight excluding hydrogens is 243 g/mol. The number of rotatable bonds is 2. The molecule has 0 aromatic heterocycles. The Bertz CT molecular complexity index is 402. The molecule has 1 aromatic carbocycles. The van der Waals surface area contributed by atoms with Gasteiger partial charge >= 0.3 is 5.97 Å². The van der Waals surface area contributed by atoms with E-state index >= 15 is 0 Å². The Kier molecular flexibility index (Phi) is 3.86. The molecule has 0 fully saturated rings. The summed E-state index contributed by atoms with van der Waals surface area (Å²) in [7, 11) is 0. The maximum atomic E-state index is 10.5. The van der Waals surface area contributed by atoms with Crippen molar-refractivity contribution in [2.75, 3.05) is 0 Å². The van der Waals surface area contributed by atoms with Crippen molar-refractivity contribution < 1.29 is 9.90 Å². The highest BCUT2D eigenvalue weighted by atomic mass is 35.5. The molecule has 74 valence electrons. The molecule has 0 bridgehead atoms. The smallest absolute Gasteiger partial charge is 0.341 e. The quantitative estimate of drug-likeness (QED) is 0.623. The Hall–Kier alpha value is -0.640. The van der Waals surface area contributed by atoms with Crippen molar-refractivity contribution in [3.63, 3.8) is 0 Å². The van der Waals surface area contributed by atoms with Crippen LogP contribution in [0.3, 0.4) is 0 Å². The van der Waals surface area contributed by atoms with Gasteiger partial charge in [-0.2, -0.15) is 0 Å². The van der Waals surface area contributed by atoms with E-state index in [1.807, 2.05) is 0 Å². The summed E-state index contributed by atoms with van der Waals surface area (Å²) in [6.07, 6.45) is 1.35. The van der Waals surface area contributed by atoms with Crippen molar-refractivity contribution in [3.05, 3.63) is 38.7 Å². The summed E-state index contributed by atoms with van der Waals surface area (Å²) in [6.45, 7) is 0. The van der Waals surface area contributed by atoms with E-state index in [1.54, 1.807) is 18.2 Å². The zero-order chi connectivity index (χ0) is 10.7. The minimum atomic E-state index is -1.11. The second kappa shape index (κ2) is 4.73. The van der Waals surface area contributed by atoms with Gasteiger partial charge in [-0.25, -0.2) is 4.79 Å². The average molecular weight is 249 g/mol. The Morgan fingerprint density at radius 3 is 2.64 bits per heavy atom. The highest BCUT2D eigenvalue weighted by Crippen LogP contribution is 2.27. The maximum Gasteiger partial charge on any atom is 0.341 e. The van der Waals surface area contributed by atoms with E-state index in [2.05, 4.69) is 12.6 Å². The predicted molar refractivity (Wildman–Crippen MR) is 61.1 cm³/mol. The van der Waals surface area contributed by atoms with E-state index in [0.717, 1.165) is 0 Å². The van der Waals surface area contributed by atoms with Crippen LogP contribution in [0.1, 0.15) is 5.56 Å². The Labute approximate surface area is 96.6 Å². The fourth-order valence-corrected chi connectivity index (χ4v) is 1.34. The van der Waals surface area contributed by atoms with Crippen molar-refractivity contribution in [2.45, 2.75) is 0 Å². The van der Waals surface area contributed by atoms with Crippen molar-refractivity contribution >= 4 is 47.9 Å². The number of hydrogen-bond acceptors (Lipinski definition) is 2. The van der Waals surface area contributed by atoms with Gasteiger partial charge in [-0.15, -0.1) is 12.6 Å². The zero-order valence-corrected chi connectivity index (χ0v) is 9.27. The van der Waals surface area contributed by atoms with Crippen LogP contribution in [0.25, 0.3) is 6.08 Å². The molecule has 0 aliphatic carbocycles. The predicted octanol–water partition coefficient (Wildman–Crippen LogP) is 3.35. The molecule has 0 unspecified atom stereocenters. The summed E-state index contributed by atoms with van der Waals surface area (Å²) in [5.74, 6) is -1.11. The number of carboxylic acid groups (broad SMARTS) is 1. The van der Waals surface area contributed by atoms with Gasteiger partial charge in [0.05, 0.1) is 15.0 Å². The summed E-state index contributed by atoms with van der Waals surface area (Å²) in [5.41, 5.74) is 0.534. The topological polar surface area (TPSA) is 37.3 Å². The lowest BCUT2D eigenvalue weighted by molar-refractivity contribution is -0.131. The SMILES string of the molecule is O=C(O)/C(S)=C/c1cccc(Cl)c1Cl. The number of thiol groups is 1. The van der Waals surface area contributed by atoms with E-state index in [0.29, 0.717) is 15.6 Å². The van der Waals surface area contributed by atoms with Crippen LogP contribution in [-0.2, 0) is 4.79 Å². The first-order chi connectivity index (χ1) is 6.52. The van der Waals surface area contributed by atoms with Gasteiger partial charge in [0, 0.05) is 0 Å². The molecule has 0 spiro atoms. The van der Waals surface area contributed by atoms with Crippen molar-refractivity contribution in [1.82, 2.24) is 0 Å². The molecule has 2 nitrogen and oxygen atoms in total. The summed E-state index contributed by atoms with van der Waals surface area (Å²) in [4.78, 5) is 10.4. The molecule has 14 heavy (non-hydrogen) atoms. The molecule has 0 saturated heterocycles. The molecule has 5 heteroatoms. The molecular formula is C9H6Cl2O2S. The van der Waals surface area contributed by atoms with Gasteiger partial charge in [-0.1, -0.05) is 35.3 Å². The van der Waals surface area contributed by atoms with E-state index in [4.69, 9.17) is 28.3 Å². The van der Waals surface area contributed by atoms with E-state index < -0.39 is 5.97 Å². The molecule has 0 saturated carbocycles. The molecule has 0 atom stereocenters. The average Bonchev–Trinajstić information content (AvgIpc) is 2.12. The van der Waals surface area contributed by atoms with Crippen molar-refractivity contribution in [1.29, 1.82) is 0 Å². The lowest BCUT2D eigenvalue weighted by atomic mass is 10.2. The molecule has 1 N–H and O–H groups in total. The Morgan fingerprint density at radius 2 is 2.07 bits per heavy atom. The number of carboxylic acids is 1. The molecule has 0 radical (unpaired) electrons. The third kappa shape index (κ3) is 2.67. The standard InChI is InChI=1S/C9H6Cl2O2S/c10-6-3-1-2-5(8(6)11)4-7(14)9(12)13/h1-4,14H,(H,12,13)/b7-4-. The molecule has 0 amide bonds. The second-order valence-corrected chi connectivity index (χ2v) is 3.74. The van der Waals surface area contributed by atoms with Crippen LogP contribution in [0, 0.1) is 0 Å². The minimum Gasteiger partial charge on any atom is -0.477 e. The van der Waals surface area contributed by atoms with Crippen molar-refractivity contribution in [2.24, 2.45) is 0 Å². The van der Waals surface area contributed by atoms with Gasteiger partial charge < -0.3 is 5.11 Å². The van der Waals surface area contributed by atoms with E-state index in [9.17, 15) is 4.79 Å². The fraction of sp³-hybridized carbons (Fsp3) is 0. The van der Waals surface area contributed by atoms with Crippen LogP contribution in [0.15, 0.2) is 23.1 Å². The number of halogens is 2. The maximum absolute atomic E-state index is 10.5. The lowest BCUT2D eigenvalue weighted by Gasteiger charge is -2.00. The molecule has 0 aliphatic heterocycles. The van der Waals surface area contributed by atoms with Gasteiger partial charge in [-0.3, -0.25) is 0 Å². The first-order valence-corrected chi connectivity index (χ1v) is 4.80. The highest BCUT2D eigenvalue weighted by Gasteiger charge is 2.05. The van der Waals surface area contributed by atoms with Gasteiger partial charge in [0.1, 0.15) is 0 Å². The first kappa shape index (κ1) is 11.4. The highest BCUT2D eigenvalue weighted by molar-refractivity contribution is 7.85. The Balaban J connectivity index is 3.15. The third-order valence-corrected chi connectivity index (χ3v) is 2.65. The number of aliphatic carboxylic acids is 1. The zero-order valence-electron chi connectivity index (χ0n) is 6.87. The fourth-order valence-electron chi connectivity index (χ4n) is 0.841.